The highest BCUT2D eigenvalue weighted by molar-refractivity contribution is 5.70. The van der Waals surface area contributed by atoms with Crippen molar-refractivity contribution in [1.82, 2.24) is 0 Å². The lowest BCUT2D eigenvalue weighted by atomic mass is 9.99. The molecular weight excluding hydrogens is 881 g/mol. The van der Waals surface area contributed by atoms with E-state index in [0.29, 0.717) is 6.42 Å². The molecule has 0 aliphatic carbocycles. The van der Waals surface area contributed by atoms with Crippen LogP contribution >= 0.6 is 0 Å². The van der Waals surface area contributed by atoms with Crippen LogP contribution in [0.4, 0.5) is 0 Å². The zero-order chi connectivity index (χ0) is 50.8. The smallest absolute Gasteiger partial charge is 0.306 e. The fraction of sp³-hybridized carbons (Fsp3) is 0.967. The van der Waals surface area contributed by atoms with Crippen molar-refractivity contribution < 1.29 is 49.0 Å². The van der Waals surface area contributed by atoms with Crippen molar-refractivity contribution in [1.29, 1.82) is 0 Å². The van der Waals surface area contributed by atoms with Gasteiger partial charge in [0.1, 0.15) is 31.0 Å². The van der Waals surface area contributed by atoms with Crippen molar-refractivity contribution in [2.24, 2.45) is 0 Å². The number of carbonyl (C=O) groups is 2. The molecule has 2 unspecified atom stereocenters. The minimum absolute atomic E-state index is 0.208. The Balaban J connectivity index is 2.15. The lowest BCUT2D eigenvalue weighted by molar-refractivity contribution is -0.305. The van der Waals surface area contributed by atoms with E-state index in [9.17, 15) is 30.0 Å². The maximum atomic E-state index is 12.9. The number of aliphatic hydroxyl groups is 4. The van der Waals surface area contributed by atoms with Crippen molar-refractivity contribution in [2.75, 3.05) is 19.8 Å². The number of hydrogen-bond acceptors (Lipinski definition) is 10. The molecule has 6 atom stereocenters. The van der Waals surface area contributed by atoms with E-state index in [1.54, 1.807) is 0 Å². The summed E-state index contributed by atoms with van der Waals surface area (Å²) in [6.45, 7) is 3.51. The average Bonchev–Trinajstić information content (AvgIpc) is 3.36. The van der Waals surface area contributed by atoms with Gasteiger partial charge in [-0.25, -0.2) is 0 Å². The molecule has 0 aromatic carbocycles. The Morgan fingerprint density at radius 2 is 0.671 bits per heavy atom. The Kier molecular flexibility index (Phi) is 48.8. The normalized spacial score (nSPS) is 18.6. The minimum Gasteiger partial charge on any atom is -0.462 e. The summed E-state index contributed by atoms with van der Waals surface area (Å²) in [7, 11) is 0. The summed E-state index contributed by atoms with van der Waals surface area (Å²) >= 11 is 0. The lowest BCUT2D eigenvalue weighted by Crippen LogP contribution is -2.59. The Labute approximate surface area is 431 Å². The molecule has 10 heteroatoms. The molecule has 416 valence electrons. The second kappa shape index (κ2) is 51.2. The van der Waals surface area contributed by atoms with Gasteiger partial charge < -0.3 is 39.4 Å². The molecule has 0 aromatic heterocycles. The molecule has 1 rings (SSSR count). The summed E-state index contributed by atoms with van der Waals surface area (Å²) in [5, 5.41) is 40.4. The first kappa shape index (κ1) is 66.7. The van der Waals surface area contributed by atoms with Crippen LogP contribution in [0.1, 0.15) is 316 Å². The lowest BCUT2D eigenvalue weighted by Gasteiger charge is -2.39. The molecule has 0 spiro atoms. The molecule has 4 N–H and O–H groups in total. The summed E-state index contributed by atoms with van der Waals surface area (Å²) in [5.41, 5.74) is 0. The predicted molar refractivity (Wildman–Crippen MR) is 289 cm³/mol. The first-order valence-electron chi connectivity index (χ1n) is 30.6. The largest absolute Gasteiger partial charge is 0.462 e. The molecule has 1 aliphatic heterocycles. The number of unbranched alkanes of at least 4 members (excludes halogenated alkanes) is 43. The van der Waals surface area contributed by atoms with Gasteiger partial charge in [0.05, 0.1) is 13.2 Å². The van der Waals surface area contributed by atoms with E-state index in [1.807, 2.05) is 0 Å². The van der Waals surface area contributed by atoms with Crippen LogP contribution in [0, 0.1) is 0 Å². The van der Waals surface area contributed by atoms with Crippen LogP contribution in [0.2, 0.25) is 0 Å². The summed E-state index contributed by atoms with van der Waals surface area (Å²) in [6, 6.07) is 0. The van der Waals surface area contributed by atoms with Crippen LogP contribution < -0.4 is 0 Å². The van der Waals surface area contributed by atoms with Gasteiger partial charge in [0.15, 0.2) is 12.4 Å². The standard InChI is InChI=1S/C60H116O10/c1-3-5-7-9-11-13-15-17-19-21-23-25-27-29-31-33-35-37-39-41-43-45-47-49-56(63)69-53(52-68-60-59(66)58(65)57(64)54(50-61)70-60)51-67-55(62)48-46-44-42-40-38-36-34-32-30-28-26-24-22-20-18-16-14-12-10-8-6-4-2/h53-54,57-61,64-66H,3-52H2,1-2H3/t53-,54-,57+,58?,59?,60-/m1/s1. The fourth-order valence-electron chi connectivity index (χ4n) is 9.96. The molecule has 1 heterocycles. The van der Waals surface area contributed by atoms with Crippen LogP contribution in [-0.4, -0.2) is 89.0 Å². The molecule has 0 radical (unpaired) electrons. The molecule has 1 saturated heterocycles. The zero-order valence-electron chi connectivity index (χ0n) is 46.1. The molecular formula is C60H116O10. The number of carbonyl (C=O) groups excluding carboxylic acids is 2. The van der Waals surface area contributed by atoms with E-state index in [2.05, 4.69) is 13.8 Å². The maximum Gasteiger partial charge on any atom is 0.306 e. The van der Waals surface area contributed by atoms with Gasteiger partial charge >= 0.3 is 11.9 Å². The monoisotopic (exact) mass is 997 g/mol. The highest BCUT2D eigenvalue weighted by atomic mass is 16.7. The van der Waals surface area contributed by atoms with Gasteiger partial charge in [-0.1, -0.05) is 290 Å². The van der Waals surface area contributed by atoms with Crippen LogP contribution in [0.15, 0.2) is 0 Å². The third-order valence-corrected chi connectivity index (χ3v) is 14.7. The Hall–Kier alpha value is -1.30. The van der Waals surface area contributed by atoms with E-state index in [-0.39, 0.29) is 32.0 Å². The molecule has 0 amide bonds. The summed E-state index contributed by atoms with van der Waals surface area (Å²) in [5.74, 6) is -0.779. The second-order valence-corrected chi connectivity index (χ2v) is 21.5. The molecule has 0 aromatic rings. The Morgan fingerprint density at radius 1 is 0.386 bits per heavy atom. The van der Waals surface area contributed by atoms with Crippen LogP contribution in [0.3, 0.4) is 0 Å². The predicted octanol–water partition coefficient (Wildman–Crippen LogP) is 15.6. The highest BCUT2D eigenvalue weighted by Crippen LogP contribution is 2.23. The Bertz CT molecular complexity index is 1110. The van der Waals surface area contributed by atoms with Crippen LogP contribution in [0.5, 0.6) is 0 Å². The summed E-state index contributed by atoms with van der Waals surface area (Å²) in [6.07, 6.45) is 51.3. The molecule has 70 heavy (non-hydrogen) atoms. The summed E-state index contributed by atoms with van der Waals surface area (Å²) in [4.78, 5) is 25.6. The van der Waals surface area contributed by atoms with Crippen molar-refractivity contribution in [3.05, 3.63) is 0 Å². The second-order valence-electron chi connectivity index (χ2n) is 21.5. The van der Waals surface area contributed by atoms with Crippen molar-refractivity contribution in [3.8, 4) is 0 Å². The SMILES string of the molecule is CCCCCCCCCCCCCCCCCCCCCCCCCC(=O)O[C@H](COC(=O)CCCCCCCCCCCCCCCCCCCCCCCC)CO[C@@H]1O[C@H](CO)[C@H](O)C(O)C1O. The van der Waals surface area contributed by atoms with E-state index in [4.69, 9.17) is 18.9 Å². The Morgan fingerprint density at radius 3 is 0.971 bits per heavy atom. The van der Waals surface area contributed by atoms with Gasteiger partial charge in [-0.15, -0.1) is 0 Å². The third kappa shape index (κ3) is 41.1. The first-order valence-corrected chi connectivity index (χ1v) is 30.6. The number of esters is 2. The average molecular weight is 998 g/mol. The van der Waals surface area contributed by atoms with E-state index in [1.165, 1.54) is 250 Å². The van der Waals surface area contributed by atoms with Crippen molar-refractivity contribution in [3.63, 3.8) is 0 Å². The topological polar surface area (TPSA) is 152 Å². The van der Waals surface area contributed by atoms with Gasteiger partial charge in [0.25, 0.3) is 0 Å². The quantitative estimate of drug-likeness (QED) is 0.0342. The molecule has 0 bridgehead atoms. The molecule has 0 saturated carbocycles. The number of ether oxygens (including phenoxy) is 4. The molecule has 1 fully saturated rings. The molecule has 10 nitrogen and oxygen atoms in total. The zero-order valence-corrected chi connectivity index (χ0v) is 46.1. The van der Waals surface area contributed by atoms with E-state index < -0.39 is 49.4 Å². The fourth-order valence-corrected chi connectivity index (χ4v) is 9.96. The minimum atomic E-state index is -1.59. The highest BCUT2D eigenvalue weighted by Gasteiger charge is 2.44. The van der Waals surface area contributed by atoms with Crippen LogP contribution in [-0.2, 0) is 28.5 Å². The number of rotatable bonds is 54. The van der Waals surface area contributed by atoms with Gasteiger partial charge in [-0.2, -0.15) is 0 Å². The summed E-state index contributed by atoms with van der Waals surface area (Å²) < 4.78 is 22.4. The maximum absolute atomic E-state index is 12.9. The first-order chi connectivity index (χ1) is 34.3. The molecule has 1 aliphatic rings. The number of aliphatic hydroxyl groups excluding tert-OH is 4. The van der Waals surface area contributed by atoms with Gasteiger partial charge in [0, 0.05) is 12.8 Å². The number of hydrogen-bond donors (Lipinski definition) is 4. The van der Waals surface area contributed by atoms with Gasteiger partial charge in [-0.3, -0.25) is 9.59 Å². The third-order valence-electron chi connectivity index (χ3n) is 14.7. The van der Waals surface area contributed by atoms with Crippen molar-refractivity contribution in [2.45, 2.75) is 352 Å². The van der Waals surface area contributed by atoms with E-state index >= 15 is 0 Å². The van der Waals surface area contributed by atoms with Gasteiger partial charge in [0.2, 0.25) is 0 Å². The van der Waals surface area contributed by atoms with Gasteiger partial charge in [-0.05, 0) is 12.8 Å². The van der Waals surface area contributed by atoms with Crippen molar-refractivity contribution >= 4 is 11.9 Å². The van der Waals surface area contributed by atoms with E-state index in [0.717, 1.165) is 32.1 Å². The van der Waals surface area contributed by atoms with Crippen LogP contribution in [0.25, 0.3) is 0 Å².